The van der Waals surface area contributed by atoms with Gasteiger partial charge in [-0.25, -0.2) is 13.6 Å². The maximum absolute atomic E-state index is 13.1. The summed E-state index contributed by atoms with van der Waals surface area (Å²) in [6, 6.07) is 4.93. The highest BCUT2D eigenvalue weighted by Crippen LogP contribution is 2.16. The Morgan fingerprint density at radius 1 is 1.24 bits per heavy atom. The number of carbonyl (C=O) groups is 1. The summed E-state index contributed by atoms with van der Waals surface area (Å²) in [5.41, 5.74) is 1.68. The Labute approximate surface area is 120 Å². The first-order valence-electron chi connectivity index (χ1n) is 6.34. The molecular weight excluding hydrogens is 278 g/mol. The second-order valence-corrected chi connectivity index (χ2v) is 4.63. The smallest absolute Gasteiger partial charge is 0.339 e. The molecule has 4 nitrogen and oxygen atoms in total. The number of carboxylic acid groups (broad SMARTS) is 1. The number of nitrogens with one attached hydrogen (secondary N) is 1. The van der Waals surface area contributed by atoms with Gasteiger partial charge in [0.15, 0.2) is 0 Å². The first-order chi connectivity index (χ1) is 9.95. The molecule has 0 unspecified atom stereocenters. The molecule has 0 aliphatic rings. The SMILES string of the molecule is Cc1cc(NCCc2cc(F)cc(F)c2)c(C(=O)O)cn1. The fourth-order valence-electron chi connectivity index (χ4n) is 1.97. The normalized spacial score (nSPS) is 10.4. The summed E-state index contributed by atoms with van der Waals surface area (Å²) in [4.78, 5) is 15.0. The quantitative estimate of drug-likeness (QED) is 0.889. The highest BCUT2D eigenvalue weighted by Gasteiger charge is 2.10. The van der Waals surface area contributed by atoms with Gasteiger partial charge in [-0.1, -0.05) is 0 Å². The Kier molecular flexibility index (Phi) is 4.47. The van der Waals surface area contributed by atoms with Crippen LogP contribution in [0.5, 0.6) is 0 Å². The van der Waals surface area contributed by atoms with E-state index >= 15 is 0 Å². The van der Waals surface area contributed by atoms with E-state index in [-0.39, 0.29) is 5.56 Å². The van der Waals surface area contributed by atoms with Crippen LogP contribution in [0.2, 0.25) is 0 Å². The second kappa shape index (κ2) is 6.30. The first-order valence-corrected chi connectivity index (χ1v) is 6.34. The number of anilines is 1. The molecule has 1 aromatic carbocycles. The zero-order valence-electron chi connectivity index (χ0n) is 11.4. The Hall–Kier alpha value is -2.50. The summed E-state index contributed by atoms with van der Waals surface area (Å²) in [6.07, 6.45) is 1.65. The van der Waals surface area contributed by atoms with Crippen molar-refractivity contribution in [2.75, 3.05) is 11.9 Å². The Bertz CT molecular complexity index is 654. The van der Waals surface area contributed by atoms with Gasteiger partial charge in [-0.15, -0.1) is 0 Å². The minimum Gasteiger partial charge on any atom is -0.478 e. The van der Waals surface area contributed by atoms with Crippen LogP contribution in [0.25, 0.3) is 0 Å². The van der Waals surface area contributed by atoms with Crippen molar-refractivity contribution < 1.29 is 18.7 Å². The molecule has 6 heteroatoms. The summed E-state index contributed by atoms with van der Waals surface area (Å²) in [5.74, 6) is -2.34. The molecular formula is C15H14F2N2O2. The third kappa shape index (κ3) is 3.98. The number of aromatic nitrogens is 1. The number of benzene rings is 1. The summed E-state index contributed by atoms with van der Waals surface area (Å²) in [7, 11) is 0. The van der Waals surface area contributed by atoms with E-state index in [0.717, 1.165) is 6.07 Å². The van der Waals surface area contributed by atoms with Gasteiger partial charge in [-0.3, -0.25) is 4.98 Å². The van der Waals surface area contributed by atoms with Crippen LogP contribution in [-0.2, 0) is 6.42 Å². The molecule has 1 heterocycles. The van der Waals surface area contributed by atoms with Gasteiger partial charge in [0.25, 0.3) is 0 Å². The molecule has 0 bridgehead atoms. The molecule has 0 fully saturated rings. The van der Waals surface area contributed by atoms with E-state index < -0.39 is 17.6 Å². The highest BCUT2D eigenvalue weighted by molar-refractivity contribution is 5.93. The van der Waals surface area contributed by atoms with E-state index in [2.05, 4.69) is 10.3 Å². The zero-order valence-corrected chi connectivity index (χ0v) is 11.4. The van der Waals surface area contributed by atoms with Crippen LogP contribution in [0.15, 0.2) is 30.5 Å². The van der Waals surface area contributed by atoms with Crippen LogP contribution >= 0.6 is 0 Å². The number of hydrogen-bond donors (Lipinski definition) is 2. The lowest BCUT2D eigenvalue weighted by Crippen LogP contribution is -2.10. The lowest BCUT2D eigenvalue weighted by molar-refractivity contribution is 0.0697. The number of rotatable bonds is 5. The summed E-state index contributed by atoms with van der Waals surface area (Å²) >= 11 is 0. The zero-order chi connectivity index (χ0) is 15.4. The number of aryl methyl sites for hydroxylation is 1. The maximum atomic E-state index is 13.1. The lowest BCUT2D eigenvalue weighted by Gasteiger charge is -2.10. The van der Waals surface area contributed by atoms with Crippen LogP contribution in [-0.4, -0.2) is 22.6 Å². The summed E-state index contributed by atoms with van der Waals surface area (Å²) in [5, 5.41) is 12.0. The maximum Gasteiger partial charge on any atom is 0.339 e. The van der Waals surface area contributed by atoms with E-state index in [4.69, 9.17) is 5.11 Å². The number of aromatic carboxylic acids is 1. The van der Waals surface area contributed by atoms with Crippen molar-refractivity contribution >= 4 is 11.7 Å². The van der Waals surface area contributed by atoms with Gasteiger partial charge < -0.3 is 10.4 Å². The number of hydrogen-bond acceptors (Lipinski definition) is 3. The molecule has 2 N–H and O–H groups in total. The van der Waals surface area contributed by atoms with Crippen molar-refractivity contribution in [2.45, 2.75) is 13.3 Å². The summed E-state index contributed by atoms with van der Waals surface area (Å²) in [6.45, 7) is 2.10. The van der Waals surface area contributed by atoms with Gasteiger partial charge in [0.05, 0.1) is 5.69 Å². The molecule has 0 saturated heterocycles. The Balaban J connectivity index is 2.06. The van der Waals surface area contributed by atoms with E-state index in [9.17, 15) is 13.6 Å². The van der Waals surface area contributed by atoms with E-state index in [1.54, 1.807) is 13.0 Å². The summed E-state index contributed by atoms with van der Waals surface area (Å²) < 4.78 is 26.1. The first kappa shape index (κ1) is 14.9. The molecule has 2 aromatic rings. The van der Waals surface area contributed by atoms with Gasteiger partial charge in [0.2, 0.25) is 0 Å². The molecule has 0 radical (unpaired) electrons. The number of nitrogens with zero attached hydrogens (tertiary/aromatic N) is 1. The standard InChI is InChI=1S/C15H14F2N2O2/c1-9-4-14(13(8-19-9)15(20)21)18-3-2-10-5-11(16)7-12(17)6-10/h4-8H,2-3H2,1H3,(H,18,19)(H,20,21). The van der Waals surface area contributed by atoms with Gasteiger partial charge in [-0.05, 0) is 37.1 Å². The van der Waals surface area contributed by atoms with Crippen molar-refractivity contribution in [1.82, 2.24) is 4.98 Å². The number of halogens is 2. The van der Waals surface area contributed by atoms with E-state index in [1.165, 1.54) is 18.3 Å². The molecule has 2 rings (SSSR count). The minimum atomic E-state index is -1.08. The van der Waals surface area contributed by atoms with Crippen molar-refractivity contribution in [3.05, 3.63) is 58.9 Å². The number of carboxylic acids is 1. The molecule has 1 aromatic heterocycles. The average molecular weight is 292 g/mol. The van der Waals surface area contributed by atoms with Crippen LogP contribution < -0.4 is 5.32 Å². The molecule has 0 aliphatic carbocycles. The third-order valence-corrected chi connectivity index (χ3v) is 2.92. The van der Waals surface area contributed by atoms with Crippen molar-refractivity contribution in [3.8, 4) is 0 Å². The number of pyridine rings is 1. The van der Waals surface area contributed by atoms with E-state index in [1.807, 2.05) is 0 Å². The minimum absolute atomic E-state index is 0.0611. The molecule has 0 amide bonds. The van der Waals surface area contributed by atoms with Gasteiger partial charge in [0, 0.05) is 24.5 Å². The molecule has 21 heavy (non-hydrogen) atoms. The van der Waals surface area contributed by atoms with Crippen LogP contribution in [0.1, 0.15) is 21.6 Å². The molecule has 0 spiro atoms. The fourth-order valence-corrected chi connectivity index (χ4v) is 1.97. The topological polar surface area (TPSA) is 62.2 Å². The monoisotopic (exact) mass is 292 g/mol. The Morgan fingerprint density at radius 3 is 2.52 bits per heavy atom. The molecule has 110 valence electrons. The highest BCUT2D eigenvalue weighted by atomic mass is 19.1. The van der Waals surface area contributed by atoms with Gasteiger partial charge in [0.1, 0.15) is 17.2 Å². The van der Waals surface area contributed by atoms with Crippen molar-refractivity contribution in [2.24, 2.45) is 0 Å². The van der Waals surface area contributed by atoms with E-state index in [0.29, 0.717) is 29.9 Å². The molecule has 0 saturated carbocycles. The van der Waals surface area contributed by atoms with Crippen LogP contribution in [0.3, 0.4) is 0 Å². The predicted octanol–water partition coefficient (Wildman–Crippen LogP) is 3.02. The fraction of sp³-hybridized carbons (Fsp3) is 0.200. The predicted molar refractivity (Wildman–Crippen MR) is 74.5 cm³/mol. The van der Waals surface area contributed by atoms with Crippen LogP contribution in [0.4, 0.5) is 14.5 Å². The van der Waals surface area contributed by atoms with Crippen LogP contribution in [0, 0.1) is 18.6 Å². The molecule has 0 aliphatic heterocycles. The Morgan fingerprint density at radius 2 is 1.90 bits per heavy atom. The molecule has 0 atom stereocenters. The van der Waals surface area contributed by atoms with Crippen molar-refractivity contribution in [1.29, 1.82) is 0 Å². The van der Waals surface area contributed by atoms with Gasteiger partial charge in [-0.2, -0.15) is 0 Å². The average Bonchev–Trinajstić information content (AvgIpc) is 2.37. The van der Waals surface area contributed by atoms with Gasteiger partial charge >= 0.3 is 5.97 Å². The second-order valence-electron chi connectivity index (χ2n) is 4.63. The third-order valence-electron chi connectivity index (χ3n) is 2.92. The lowest BCUT2D eigenvalue weighted by atomic mass is 10.1. The van der Waals surface area contributed by atoms with Crippen molar-refractivity contribution in [3.63, 3.8) is 0 Å². The largest absolute Gasteiger partial charge is 0.478 e.